The average molecular weight is 308 g/mol. The van der Waals surface area contributed by atoms with Crippen LogP contribution in [0.1, 0.15) is 16.7 Å². The summed E-state index contributed by atoms with van der Waals surface area (Å²) in [6.07, 6.45) is 1.58. The van der Waals surface area contributed by atoms with E-state index in [0.717, 1.165) is 16.9 Å². The number of anilines is 1. The molecule has 0 saturated heterocycles. The van der Waals surface area contributed by atoms with Crippen molar-refractivity contribution in [1.29, 1.82) is 0 Å². The molecule has 18 heavy (non-hydrogen) atoms. The smallest absolute Gasteiger partial charge is 0.238 e. The van der Waals surface area contributed by atoms with E-state index in [1.54, 1.807) is 6.20 Å². The van der Waals surface area contributed by atoms with Crippen LogP contribution in [0, 0.1) is 20.8 Å². The minimum Gasteiger partial charge on any atom is -0.437 e. The Morgan fingerprint density at radius 1 is 1.22 bits per heavy atom. The molecule has 0 fully saturated rings. The second kappa shape index (κ2) is 4.94. The number of ether oxygens (including phenoxy) is 1. The van der Waals surface area contributed by atoms with Gasteiger partial charge in [-0.3, -0.25) is 0 Å². The molecule has 2 aromatic rings. The van der Waals surface area contributed by atoms with Crippen LogP contribution in [-0.4, -0.2) is 9.97 Å². The Hall–Kier alpha value is -1.62. The zero-order valence-corrected chi connectivity index (χ0v) is 12.1. The van der Waals surface area contributed by atoms with Crippen molar-refractivity contribution < 1.29 is 4.74 Å². The van der Waals surface area contributed by atoms with Crippen molar-refractivity contribution in [2.24, 2.45) is 0 Å². The Morgan fingerprint density at radius 3 is 2.67 bits per heavy atom. The molecule has 0 unspecified atom stereocenters. The van der Waals surface area contributed by atoms with Crippen molar-refractivity contribution in [2.75, 3.05) is 5.73 Å². The summed E-state index contributed by atoms with van der Waals surface area (Å²) in [5, 5.41) is 0. The zero-order valence-electron chi connectivity index (χ0n) is 10.5. The fourth-order valence-electron chi connectivity index (χ4n) is 1.65. The van der Waals surface area contributed by atoms with E-state index in [1.165, 1.54) is 5.56 Å². The molecule has 5 heteroatoms. The lowest BCUT2D eigenvalue weighted by molar-refractivity contribution is 0.455. The summed E-state index contributed by atoms with van der Waals surface area (Å²) in [6, 6.07) is 4.10. The summed E-state index contributed by atoms with van der Waals surface area (Å²) in [7, 11) is 0. The first-order chi connectivity index (χ1) is 8.47. The second-order valence-electron chi connectivity index (χ2n) is 4.19. The minimum absolute atomic E-state index is 0.190. The average Bonchev–Trinajstić information content (AvgIpc) is 2.30. The molecule has 0 saturated carbocycles. The molecule has 0 bridgehead atoms. The molecule has 0 aliphatic heterocycles. The predicted molar refractivity (Wildman–Crippen MR) is 74.9 cm³/mol. The maximum Gasteiger partial charge on any atom is 0.238 e. The largest absolute Gasteiger partial charge is 0.437 e. The molecule has 0 amide bonds. The molecule has 0 aliphatic carbocycles. The van der Waals surface area contributed by atoms with Crippen LogP contribution in [0.4, 0.5) is 5.95 Å². The minimum atomic E-state index is 0.190. The standard InChI is InChI=1S/C13H14BrN3O/c1-7-4-8(2)9(3)11(5-7)18-12-10(14)6-16-13(15)17-12/h4-6H,1-3H3,(H2,15,16,17). The van der Waals surface area contributed by atoms with Gasteiger partial charge in [-0.2, -0.15) is 4.98 Å². The van der Waals surface area contributed by atoms with Crippen molar-refractivity contribution >= 4 is 21.9 Å². The number of nitrogens with two attached hydrogens (primary N) is 1. The van der Waals surface area contributed by atoms with Crippen LogP contribution < -0.4 is 10.5 Å². The van der Waals surface area contributed by atoms with Gasteiger partial charge in [-0.25, -0.2) is 4.98 Å². The predicted octanol–water partition coefficient (Wildman–Crippen LogP) is 3.54. The van der Waals surface area contributed by atoms with Crippen LogP contribution >= 0.6 is 15.9 Å². The van der Waals surface area contributed by atoms with Gasteiger partial charge in [0.15, 0.2) is 0 Å². The van der Waals surface area contributed by atoms with Gasteiger partial charge in [0, 0.05) is 0 Å². The summed E-state index contributed by atoms with van der Waals surface area (Å²) in [5.74, 6) is 1.40. The first-order valence-electron chi connectivity index (χ1n) is 5.51. The van der Waals surface area contributed by atoms with E-state index < -0.39 is 0 Å². The fraction of sp³-hybridized carbons (Fsp3) is 0.231. The molecule has 94 valence electrons. The normalized spacial score (nSPS) is 10.4. The van der Waals surface area contributed by atoms with E-state index >= 15 is 0 Å². The van der Waals surface area contributed by atoms with Crippen LogP contribution in [0.3, 0.4) is 0 Å². The van der Waals surface area contributed by atoms with Crippen molar-refractivity contribution in [1.82, 2.24) is 9.97 Å². The quantitative estimate of drug-likeness (QED) is 0.922. The number of nitrogen functional groups attached to an aromatic ring is 1. The van der Waals surface area contributed by atoms with E-state index in [4.69, 9.17) is 10.5 Å². The van der Waals surface area contributed by atoms with Gasteiger partial charge < -0.3 is 10.5 Å². The number of aryl methyl sites for hydroxylation is 2. The maximum absolute atomic E-state index is 5.80. The summed E-state index contributed by atoms with van der Waals surface area (Å²) in [6.45, 7) is 6.10. The number of halogens is 1. The van der Waals surface area contributed by atoms with Crippen LogP contribution in [0.2, 0.25) is 0 Å². The van der Waals surface area contributed by atoms with Gasteiger partial charge in [-0.1, -0.05) is 6.07 Å². The highest BCUT2D eigenvalue weighted by Crippen LogP contribution is 2.31. The van der Waals surface area contributed by atoms with Gasteiger partial charge in [0.05, 0.1) is 10.7 Å². The third-order valence-corrected chi connectivity index (χ3v) is 3.25. The van der Waals surface area contributed by atoms with Gasteiger partial charge in [0.25, 0.3) is 0 Å². The van der Waals surface area contributed by atoms with E-state index in [9.17, 15) is 0 Å². The Morgan fingerprint density at radius 2 is 1.94 bits per heavy atom. The van der Waals surface area contributed by atoms with Gasteiger partial charge in [0.2, 0.25) is 11.8 Å². The Kier molecular flexibility index (Phi) is 3.52. The lowest BCUT2D eigenvalue weighted by atomic mass is 10.1. The van der Waals surface area contributed by atoms with Crippen LogP contribution in [0.25, 0.3) is 0 Å². The molecular weight excluding hydrogens is 294 g/mol. The zero-order chi connectivity index (χ0) is 13.3. The topological polar surface area (TPSA) is 61.0 Å². The van der Waals surface area contributed by atoms with Crippen molar-refractivity contribution in [3.8, 4) is 11.6 Å². The van der Waals surface area contributed by atoms with Gasteiger partial charge in [-0.15, -0.1) is 0 Å². The van der Waals surface area contributed by atoms with Crippen molar-refractivity contribution in [3.63, 3.8) is 0 Å². The number of nitrogens with zero attached hydrogens (tertiary/aromatic N) is 2. The summed E-state index contributed by atoms with van der Waals surface area (Å²) < 4.78 is 6.48. The van der Waals surface area contributed by atoms with Gasteiger partial charge in [0.1, 0.15) is 5.75 Å². The molecular formula is C13H14BrN3O. The first-order valence-corrected chi connectivity index (χ1v) is 6.30. The highest BCUT2D eigenvalue weighted by molar-refractivity contribution is 9.10. The summed E-state index contributed by atoms with van der Waals surface area (Å²) in [5.41, 5.74) is 8.97. The van der Waals surface area contributed by atoms with Crippen LogP contribution in [0.5, 0.6) is 11.6 Å². The lowest BCUT2D eigenvalue weighted by Crippen LogP contribution is -1.99. The van der Waals surface area contributed by atoms with Crippen LogP contribution in [-0.2, 0) is 0 Å². The van der Waals surface area contributed by atoms with E-state index in [1.807, 2.05) is 19.9 Å². The second-order valence-corrected chi connectivity index (χ2v) is 5.04. The number of benzene rings is 1. The first kappa shape index (κ1) is 12.8. The Bertz CT molecular complexity index is 599. The lowest BCUT2D eigenvalue weighted by Gasteiger charge is -2.12. The van der Waals surface area contributed by atoms with E-state index in [-0.39, 0.29) is 5.95 Å². The molecule has 1 aromatic heterocycles. The SMILES string of the molecule is Cc1cc(C)c(C)c(Oc2nc(N)ncc2Br)c1. The molecule has 2 N–H and O–H groups in total. The molecule has 0 atom stereocenters. The molecule has 0 radical (unpaired) electrons. The third-order valence-electron chi connectivity index (χ3n) is 2.70. The highest BCUT2D eigenvalue weighted by atomic mass is 79.9. The summed E-state index contributed by atoms with van der Waals surface area (Å²) in [4.78, 5) is 7.94. The molecule has 2 rings (SSSR count). The van der Waals surface area contributed by atoms with Crippen molar-refractivity contribution in [2.45, 2.75) is 20.8 Å². The van der Waals surface area contributed by atoms with E-state index in [0.29, 0.717) is 10.4 Å². The number of hydrogen-bond donors (Lipinski definition) is 1. The number of hydrogen-bond acceptors (Lipinski definition) is 4. The van der Waals surface area contributed by atoms with Gasteiger partial charge >= 0.3 is 0 Å². The van der Waals surface area contributed by atoms with E-state index in [2.05, 4.69) is 38.9 Å². The molecule has 1 aromatic carbocycles. The summed E-state index contributed by atoms with van der Waals surface area (Å²) >= 11 is 3.34. The molecule has 1 heterocycles. The molecule has 0 spiro atoms. The monoisotopic (exact) mass is 307 g/mol. The van der Waals surface area contributed by atoms with Crippen LogP contribution in [0.15, 0.2) is 22.8 Å². The molecule has 0 aliphatic rings. The Labute approximate surface area is 114 Å². The number of rotatable bonds is 2. The fourth-order valence-corrected chi connectivity index (χ4v) is 1.92. The third kappa shape index (κ3) is 2.61. The van der Waals surface area contributed by atoms with Gasteiger partial charge in [-0.05, 0) is 59.5 Å². The highest BCUT2D eigenvalue weighted by Gasteiger charge is 2.10. The maximum atomic E-state index is 5.80. The van der Waals surface area contributed by atoms with Crippen molar-refractivity contribution in [3.05, 3.63) is 39.5 Å². The Balaban J connectivity index is 2.43. The molecule has 4 nitrogen and oxygen atoms in total. The number of aromatic nitrogens is 2.